The zero-order valence-electron chi connectivity index (χ0n) is 8.60. The Labute approximate surface area is 89.8 Å². The van der Waals surface area contributed by atoms with Crippen LogP contribution in [0.1, 0.15) is 23.2 Å². The fourth-order valence-electron chi connectivity index (χ4n) is 2.90. The molecule has 0 aliphatic heterocycles. The van der Waals surface area contributed by atoms with Crippen molar-refractivity contribution in [3.8, 4) is 0 Å². The molecule has 0 heterocycles. The first-order valence-electron chi connectivity index (χ1n) is 5.62. The molecule has 2 bridgehead atoms. The lowest BCUT2D eigenvalue weighted by molar-refractivity contribution is 0.0901. The molecule has 1 fully saturated rings. The molecule has 0 saturated heterocycles. The zero-order chi connectivity index (χ0) is 10.3. The highest BCUT2D eigenvalue weighted by molar-refractivity contribution is 5.98. The van der Waals surface area contributed by atoms with Crippen molar-refractivity contribution in [2.75, 3.05) is 0 Å². The maximum atomic E-state index is 12.2. The first kappa shape index (κ1) is 8.90. The highest BCUT2D eigenvalue weighted by Gasteiger charge is 2.39. The predicted molar refractivity (Wildman–Crippen MR) is 59.6 cm³/mol. The van der Waals surface area contributed by atoms with Crippen LogP contribution >= 0.6 is 0 Å². The van der Waals surface area contributed by atoms with Crippen LogP contribution in [0.4, 0.5) is 0 Å². The van der Waals surface area contributed by atoms with Gasteiger partial charge in [0.1, 0.15) is 0 Å². The van der Waals surface area contributed by atoms with Gasteiger partial charge >= 0.3 is 0 Å². The van der Waals surface area contributed by atoms with Gasteiger partial charge in [-0.15, -0.1) is 0 Å². The lowest BCUT2D eigenvalue weighted by atomic mass is 9.86. The molecule has 0 N–H and O–H groups in total. The SMILES string of the molecule is O=C(c1ccccc1)C1CC2C=C[C@@H]1C2. The quantitative estimate of drug-likeness (QED) is 0.527. The van der Waals surface area contributed by atoms with E-state index in [4.69, 9.17) is 0 Å². The Bertz CT molecular complexity index is 405. The number of carbonyl (C=O) groups excluding carboxylic acids is 1. The van der Waals surface area contributed by atoms with Gasteiger partial charge in [0.2, 0.25) is 0 Å². The van der Waals surface area contributed by atoms with E-state index in [1.54, 1.807) is 0 Å². The molecule has 1 nitrogen and oxygen atoms in total. The molecule has 3 rings (SSSR count). The van der Waals surface area contributed by atoms with Crippen molar-refractivity contribution in [3.05, 3.63) is 48.0 Å². The average molecular weight is 198 g/mol. The molecule has 1 saturated carbocycles. The third kappa shape index (κ3) is 1.43. The Morgan fingerprint density at radius 2 is 1.87 bits per heavy atom. The molecular formula is C14H14O. The molecule has 1 aromatic carbocycles. The van der Waals surface area contributed by atoms with Crippen molar-refractivity contribution >= 4 is 5.78 Å². The van der Waals surface area contributed by atoms with Crippen LogP contribution in [0.2, 0.25) is 0 Å². The lowest BCUT2D eigenvalue weighted by Gasteiger charge is -2.16. The third-order valence-electron chi connectivity index (χ3n) is 3.67. The lowest BCUT2D eigenvalue weighted by Crippen LogP contribution is -2.18. The zero-order valence-corrected chi connectivity index (χ0v) is 8.60. The van der Waals surface area contributed by atoms with Crippen LogP contribution < -0.4 is 0 Å². The van der Waals surface area contributed by atoms with E-state index in [0.29, 0.717) is 17.6 Å². The molecule has 0 radical (unpaired) electrons. The summed E-state index contributed by atoms with van der Waals surface area (Å²) in [5.41, 5.74) is 0.878. The molecule has 0 spiro atoms. The first-order valence-corrected chi connectivity index (χ1v) is 5.62. The second-order valence-electron chi connectivity index (χ2n) is 4.62. The molecule has 3 atom stereocenters. The molecule has 2 aliphatic rings. The van der Waals surface area contributed by atoms with E-state index < -0.39 is 0 Å². The van der Waals surface area contributed by atoms with Gasteiger partial charge in [-0.1, -0.05) is 42.5 Å². The summed E-state index contributed by atoms with van der Waals surface area (Å²) in [4.78, 5) is 12.2. The number of fused-ring (bicyclic) bond motifs is 2. The van der Waals surface area contributed by atoms with Crippen LogP contribution in [-0.2, 0) is 0 Å². The number of hydrogen-bond acceptors (Lipinski definition) is 1. The van der Waals surface area contributed by atoms with Crippen LogP contribution in [-0.4, -0.2) is 5.78 Å². The molecular weight excluding hydrogens is 184 g/mol. The minimum absolute atomic E-state index is 0.252. The number of rotatable bonds is 2. The number of carbonyl (C=O) groups is 1. The van der Waals surface area contributed by atoms with Gasteiger partial charge in [0.15, 0.2) is 5.78 Å². The smallest absolute Gasteiger partial charge is 0.166 e. The van der Waals surface area contributed by atoms with E-state index in [1.165, 1.54) is 6.42 Å². The molecule has 15 heavy (non-hydrogen) atoms. The van der Waals surface area contributed by atoms with Gasteiger partial charge in [-0.05, 0) is 24.7 Å². The number of allylic oxidation sites excluding steroid dienone is 2. The Morgan fingerprint density at radius 3 is 2.47 bits per heavy atom. The summed E-state index contributed by atoms with van der Waals surface area (Å²) >= 11 is 0. The summed E-state index contributed by atoms with van der Waals surface area (Å²) in [5, 5.41) is 0. The number of benzene rings is 1. The maximum absolute atomic E-state index is 12.2. The maximum Gasteiger partial charge on any atom is 0.166 e. The highest BCUT2D eigenvalue weighted by Crippen LogP contribution is 2.44. The minimum Gasteiger partial charge on any atom is -0.294 e. The predicted octanol–water partition coefficient (Wildman–Crippen LogP) is 3.08. The van der Waals surface area contributed by atoms with E-state index in [-0.39, 0.29) is 5.92 Å². The van der Waals surface area contributed by atoms with Gasteiger partial charge in [-0.3, -0.25) is 4.79 Å². The average Bonchev–Trinajstić information content (AvgIpc) is 2.91. The first-order chi connectivity index (χ1) is 7.34. The van der Waals surface area contributed by atoms with Crippen molar-refractivity contribution in [2.45, 2.75) is 12.8 Å². The van der Waals surface area contributed by atoms with Crippen LogP contribution in [0.3, 0.4) is 0 Å². The summed E-state index contributed by atoms with van der Waals surface area (Å²) < 4.78 is 0. The van der Waals surface area contributed by atoms with Crippen LogP contribution in [0.5, 0.6) is 0 Å². The Balaban J connectivity index is 1.85. The number of hydrogen-bond donors (Lipinski definition) is 0. The highest BCUT2D eigenvalue weighted by atomic mass is 16.1. The fourth-order valence-corrected chi connectivity index (χ4v) is 2.90. The van der Waals surface area contributed by atoms with E-state index in [0.717, 1.165) is 12.0 Å². The van der Waals surface area contributed by atoms with Crippen LogP contribution in [0, 0.1) is 17.8 Å². The fraction of sp³-hybridized carbons (Fsp3) is 0.357. The number of ketones is 1. The molecule has 0 aromatic heterocycles. The van der Waals surface area contributed by atoms with Crippen molar-refractivity contribution in [3.63, 3.8) is 0 Å². The van der Waals surface area contributed by atoms with E-state index in [9.17, 15) is 4.79 Å². The minimum atomic E-state index is 0.252. The van der Waals surface area contributed by atoms with E-state index in [2.05, 4.69) is 12.2 Å². The van der Waals surface area contributed by atoms with E-state index in [1.807, 2.05) is 30.3 Å². The van der Waals surface area contributed by atoms with Gasteiger partial charge in [-0.2, -0.15) is 0 Å². The van der Waals surface area contributed by atoms with Crippen molar-refractivity contribution in [2.24, 2.45) is 17.8 Å². The second kappa shape index (κ2) is 3.34. The summed E-state index contributed by atoms with van der Waals surface area (Å²) in [6, 6.07) is 9.69. The number of Topliss-reactive ketones (excluding diaryl/α,β-unsaturated/α-hetero) is 1. The molecule has 1 aromatic rings. The normalized spacial score (nSPS) is 32.1. The van der Waals surface area contributed by atoms with E-state index >= 15 is 0 Å². The standard InChI is InChI=1S/C14H14O/c15-14(11-4-2-1-3-5-11)13-9-10-6-7-12(13)8-10/h1-7,10,12-13H,8-9H2/t10?,12-,13?/m1/s1. The van der Waals surface area contributed by atoms with Crippen molar-refractivity contribution in [1.82, 2.24) is 0 Å². The third-order valence-corrected chi connectivity index (χ3v) is 3.67. The van der Waals surface area contributed by atoms with Gasteiger partial charge in [0.25, 0.3) is 0 Å². The molecule has 2 unspecified atom stereocenters. The molecule has 1 heteroatoms. The monoisotopic (exact) mass is 198 g/mol. The Kier molecular flexibility index (Phi) is 1.98. The Hall–Kier alpha value is -1.37. The molecule has 0 amide bonds. The summed E-state index contributed by atoms with van der Waals surface area (Å²) in [5.74, 6) is 1.78. The topological polar surface area (TPSA) is 17.1 Å². The molecule has 2 aliphatic carbocycles. The summed E-state index contributed by atoms with van der Waals surface area (Å²) in [7, 11) is 0. The largest absolute Gasteiger partial charge is 0.294 e. The van der Waals surface area contributed by atoms with Gasteiger partial charge < -0.3 is 0 Å². The van der Waals surface area contributed by atoms with Gasteiger partial charge in [0, 0.05) is 11.5 Å². The second-order valence-corrected chi connectivity index (χ2v) is 4.62. The van der Waals surface area contributed by atoms with Crippen LogP contribution in [0.15, 0.2) is 42.5 Å². The van der Waals surface area contributed by atoms with Crippen LogP contribution in [0.25, 0.3) is 0 Å². The van der Waals surface area contributed by atoms with Crippen molar-refractivity contribution < 1.29 is 4.79 Å². The van der Waals surface area contributed by atoms with Gasteiger partial charge in [-0.25, -0.2) is 0 Å². The van der Waals surface area contributed by atoms with Gasteiger partial charge in [0.05, 0.1) is 0 Å². The molecule has 76 valence electrons. The summed E-state index contributed by atoms with van der Waals surface area (Å²) in [6.07, 6.45) is 6.78. The summed E-state index contributed by atoms with van der Waals surface area (Å²) in [6.45, 7) is 0. The Morgan fingerprint density at radius 1 is 1.07 bits per heavy atom. The van der Waals surface area contributed by atoms with Crippen molar-refractivity contribution in [1.29, 1.82) is 0 Å².